The fraction of sp³-hybridized carbons (Fsp3) is 0. The Labute approximate surface area is 293 Å². The van der Waals surface area contributed by atoms with Gasteiger partial charge in [0.1, 0.15) is 0 Å². The van der Waals surface area contributed by atoms with Gasteiger partial charge in [-0.05, 0) is 60.7 Å². The van der Waals surface area contributed by atoms with Gasteiger partial charge in [0.25, 0.3) is 0 Å². The summed E-state index contributed by atoms with van der Waals surface area (Å²) in [5.74, 6) is 0. The number of para-hydroxylation sites is 2. The summed E-state index contributed by atoms with van der Waals surface area (Å²) in [5.41, 5.74) is 6.46. The van der Waals surface area contributed by atoms with Gasteiger partial charge in [0.05, 0.1) is 51.6 Å². The molecule has 0 saturated heterocycles. The zero-order valence-corrected chi connectivity index (χ0v) is 27.9. The molecule has 11 rings (SSSR count). The van der Waals surface area contributed by atoms with Gasteiger partial charge >= 0.3 is 0 Å². The molecule has 4 heterocycles. The number of fused-ring (bicyclic) bond motifs is 12. The highest BCUT2D eigenvalue weighted by molar-refractivity contribution is 7.26. The van der Waals surface area contributed by atoms with E-state index >= 15 is 0 Å². The quantitative estimate of drug-likeness (QED) is 0.169. The first-order chi connectivity index (χ1) is 24.7. The average Bonchev–Trinajstić information content (AvgIpc) is 3.89. The molecule has 230 valence electrons. The van der Waals surface area contributed by atoms with Gasteiger partial charge in [-0.2, -0.15) is 5.26 Å². The summed E-state index contributed by atoms with van der Waals surface area (Å²) in [6.07, 6.45) is 0. The van der Waals surface area contributed by atoms with Gasteiger partial charge in [-0.1, -0.05) is 72.8 Å². The van der Waals surface area contributed by atoms with Crippen molar-refractivity contribution in [3.63, 3.8) is 0 Å². The number of nitriles is 1. The Bertz CT molecular complexity index is 3150. The lowest BCUT2D eigenvalue weighted by molar-refractivity contribution is 1.14. The van der Waals surface area contributed by atoms with Crippen LogP contribution < -0.4 is 0 Å². The molecule has 0 aliphatic rings. The normalized spacial score (nSPS) is 12.0. The van der Waals surface area contributed by atoms with Gasteiger partial charge in [0, 0.05) is 61.9 Å². The van der Waals surface area contributed by atoms with Gasteiger partial charge in [-0.15, -0.1) is 22.7 Å². The minimum absolute atomic E-state index is 0.502. The Morgan fingerprint density at radius 2 is 0.900 bits per heavy atom. The molecule has 4 aromatic heterocycles. The van der Waals surface area contributed by atoms with Crippen LogP contribution in [0.15, 0.2) is 133 Å². The van der Waals surface area contributed by atoms with Crippen molar-refractivity contribution < 1.29 is 0 Å². The summed E-state index contributed by atoms with van der Waals surface area (Å²) in [5, 5.41) is 19.9. The van der Waals surface area contributed by atoms with Crippen LogP contribution in [-0.4, -0.2) is 9.13 Å². The Balaban J connectivity index is 1.28. The molecule has 0 fully saturated rings. The van der Waals surface area contributed by atoms with Crippen LogP contribution in [-0.2, 0) is 0 Å². The van der Waals surface area contributed by atoms with Crippen LogP contribution in [0.4, 0.5) is 5.69 Å². The molecule has 0 amide bonds. The standard InChI is InChI=1S/C44H22N4S2/c1-46-44-38(47-34-14-6-2-10-26(34)30-20-32-28-12-4-8-16-40(28)49-42(32)22-36(30)47)18-25(24-45)19-39(44)48-35-15-7-3-11-27(35)31-21-33-29-13-5-9-17-41(29)50-43(33)23-37(31)48/h2-23H. The van der Waals surface area contributed by atoms with E-state index in [1.165, 1.54) is 40.3 Å². The largest absolute Gasteiger partial charge is 0.319 e. The smallest absolute Gasteiger partial charge is 0.234 e. The van der Waals surface area contributed by atoms with Gasteiger partial charge < -0.3 is 9.13 Å². The molecule has 0 N–H and O–H groups in total. The molecule has 0 unspecified atom stereocenters. The lowest BCUT2D eigenvalue weighted by Gasteiger charge is -2.17. The van der Waals surface area contributed by atoms with Gasteiger partial charge in [-0.25, -0.2) is 4.85 Å². The second kappa shape index (κ2) is 10.0. The first kappa shape index (κ1) is 27.5. The Hall–Kier alpha value is -6.44. The van der Waals surface area contributed by atoms with Crippen LogP contribution >= 0.6 is 22.7 Å². The van der Waals surface area contributed by atoms with E-state index in [0.717, 1.165) is 43.6 Å². The number of thiophene rings is 2. The number of benzene rings is 7. The van der Waals surface area contributed by atoms with E-state index in [4.69, 9.17) is 6.57 Å². The van der Waals surface area contributed by atoms with Crippen molar-refractivity contribution in [2.75, 3.05) is 0 Å². The predicted molar refractivity (Wildman–Crippen MR) is 212 cm³/mol. The molecular weight excluding hydrogens is 649 g/mol. The third kappa shape index (κ3) is 3.61. The lowest BCUT2D eigenvalue weighted by atomic mass is 10.1. The Kier molecular flexibility index (Phi) is 5.52. The van der Waals surface area contributed by atoms with E-state index in [1.807, 2.05) is 24.3 Å². The molecule has 4 nitrogen and oxygen atoms in total. The average molecular weight is 671 g/mol. The fourth-order valence-electron chi connectivity index (χ4n) is 8.02. The molecular formula is C44H22N4S2. The van der Waals surface area contributed by atoms with Crippen molar-refractivity contribution in [1.82, 2.24) is 9.13 Å². The van der Waals surface area contributed by atoms with Crippen LogP contribution in [0.2, 0.25) is 0 Å². The van der Waals surface area contributed by atoms with Crippen molar-refractivity contribution >= 4 is 112 Å². The number of hydrogen-bond acceptors (Lipinski definition) is 3. The fourth-order valence-corrected chi connectivity index (χ4v) is 10.3. The minimum Gasteiger partial charge on any atom is -0.319 e. The number of hydrogen-bond donors (Lipinski definition) is 0. The van der Waals surface area contributed by atoms with Crippen LogP contribution in [0.5, 0.6) is 0 Å². The predicted octanol–water partition coefficient (Wildman–Crippen LogP) is 13.0. The van der Waals surface area contributed by atoms with Crippen LogP contribution in [0.25, 0.3) is 100 Å². The molecule has 6 heteroatoms. The van der Waals surface area contributed by atoms with Crippen molar-refractivity contribution in [2.45, 2.75) is 0 Å². The van der Waals surface area contributed by atoms with E-state index in [0.29, 0.717) is 22.6 Å². The highest BCUT2D eigenvalue weighted by atomic mass is 32.1. The van der Waals surface area contributed by atoms with Crippen LogP contribution in [0.3, 0.4) is 0 Å². The molecule has 0 spiro atoms. The molecule has 0 aliphatic carbocycles. The molecule has 0 aliphatic heterocycles. The van der Waals surface area contributed by atoms with Crippen LogP contribution in [0.1, 0.15) is 5.56 Å². The molecule has 0 atom stereocenters. The molecule has 7 aromatic carbocycles. The van der Waals surface area contributed by atoms with Crippen molar-refractivity contribution in [3.8, 4) is 17.4 Å². The minimum atomic E-state index is 0.502. The topological polar surface area (TPSA) is 38.0 Å². The maximum absolute atomic E-state index is 10.5. The van der Waals surface area contributed by atoms with Crippen molar-refractivity contribution in [1.29, 1.82) is 5.26 Å². The number of rotatable bonds is 2. The maximum atomic E-state index is 10.5. The van der Waals surface area contributed by atoms with E-state index < -0.39 is 0 Å². The van der Waals surface area contributed by atoms with E-state index in [-0.39, 0.29) is 0 Å². The van der Waals surface area contributed by atoms with Crippen LogP contribution in [0, 0.1) is 17.9 Å². The summed E-state index contributed by atoms with van der Waals surface area (Å²) >= 11 is 3.57. The molecule has 0 bridgehead atoms. The summed E-state index contributed by atoms with van der Waals surface area (Å²) in [4.78, 5) is 4.28. The van der Waals surface area contributed by atoms with Gasteiger partial charge in [0.2, 0.25) is 5.69 Å². The Morgan fingerprint density at radius 1 is 0.460 bits per heavy atom. The first-order valence-corrected chi connectivity index (χ1v) is 18.0. The SMILES string of the molecule is [C-]#[N+]c1c(-n2c3ccccc3c3cc4c(cc32)sc2ccccc24)cc(C#N)cc1-n1c2ccccc2c2cc3c(cc21)sc1ccccc13. The Morgan fingerprint density at radius 3 is 1.36 bits per heavy atom. The molecule has 0 radical (unpaired) electrons. The summed E-state index contributed by atoms with van der Waals surface area (Å²) in [6.45, 7) is 8.72. The number of nitrogens with zero attached hydrogens (tertiary/aromatic N) is 4. The first-order valence-electron chi connectivity index (χ1n) is 16.4. The number of aromatic nitrogens is 2. The van der Waals surface area contributed by atoms with Crippen molar-refractivity contribution in [3.05, 3.63) is 150 Å². The van der Waals surface area contributed by atoms with E-state index in [2.05, 4.69) is 129 Å². The van der Waals surface area contributed by atoms with Gasteiger partial charge in [-0.3, -0.25) is 0 Å². The highest BCUT2D eigenvalue weighted by Crippen LogP contribution is 2.46. The second-order valence-electron chi connectivity index (χ2n) is 12.7. The zero-order chi connectivity index (χ0) is 33.1. The summed E-state index contributed by atoms with van der Waals surface area (Å²) in [7, 11) is 0. The van der Waals surface area contributed by atoms with E-state index in [9.17, 15) is 5.26 Å². The zero-order valence-electron chi connectivity index (χ0n) is 26.3. The maximum Gasteiger partial charge on any atom is 0.234 e. The third-order valence-corrected chi connectivity index (χ3v) is 12.4. The second-order valence-corrected chi connectivity index (χ2v) is 14.9. The van der Waals surface area contributed by atoms with Gasteiger partial charge in [0.15, 0.2) is 0 Å². The molecule has 11 aromatic rings. The summed E-state index contributed by atoms with van der Waals surface area (Å²) < 4.78 is 9.28. The monoisotopic (exact) mass is 670 g/mol. The van der Waals surface area contributed by atoms with Crippen molar-refractivity contribution in [2.24, 2.45) is 0 Å². The van der Waals surface area contributed by atoms with E-state index in [1.54, 1.807) is 22.7 Å². The lowest BCUT2D eigenvalue weighted by Crippen LogP contribution is -2.01. The summed E-state index contributed by atoms with van der Waals surface area (Å²) in [6, 6.07) is 49.2. The highest BCUT2D eigenvalue weighted by Gasteiger charge is 2.23. The molecule has 0 saturated carbocycles. The third-order valence-electron chi connectivity index (χ3n) is 10.1. The molecule has 50 heavy (non-hydrogen) atoms.